The molecule has 0 bridgehead atoms. The van der Waals surface area contributed by atoms with Gasteiger partial charge in [0.1, 0.15) is 11.4 Å². The van der Waals surface area contributed by atoms with Crippen LogP contribution in [0, 0.1) is 5.82 Å². The molecule has 0 aliphatic rings. The second kappa shape index (κ2) is 3.95. The summed E-state index contributed by atoms with van der Waals surface area (Å²) in [6.45, 7) is 0. The number of halogens is 1. The van der Waals surface area contributed by atoms with Crippen LogP contribution in [0.5, 0.6) is 11.5 Å². The van der Waals surface area contributed by atoms with Gasteiger partial charge in [0.15, 0.2) is 11.5 Å². The van der Waals surface area contributed by atoms with Gasteiger partial charge in [-0.25, -0.2) is 9.18 Å². The first-order valence-corrected chi connectivity index (χ1v) is 3.75. The van der Waals surface area contributed by atoms with Crippen LogP contribution in [0.25, 0.3) is 0 Å². The molecule has 0 aromatic heterocycles. The van der Waals surface area contributed by atoms with Gasteiger partial charge >= 0.3 is 5.97 Å². The minimum atomic E-state index is -1.26. The summed E-state index contributed by atoms with van der Waals surface area (Å²) in [7, 11) is 2.60. The fraction of sp³-hybridized carbons (Fsp3) is 0.222. The van der Waals surface area contributed by atoms with Gasteiger partial charge in [-0.2, -0.15) is 0 Å². The van der Waals surface area contributed by atoms with Gasteiger partial charge in [0.05, 0.1) is 14.2 Å². The fourth-order valence-electron chi connectivity index (χ4n) is 1.09. The van der Waals surface area contributed by atoms with Gasteiger partial charge in [-0.15, -0.1) is 0 Å². The average Bonchev–Trinajstić information content (AvgIpc) is 2.16. The molecule has 0 saturated heterocycles. The van der Waals surface area contributed by atoms with E-state index in [1.54, 1.807) is 0 Å². The zero-order valence-corrected chi connectivity index (χ0v) is 7.70. The van der Waals surface area contributed by atoms with Crippen molar-refractivity contribution < 1.29 is 23.8 Å². The van der Waals surface area contributed by atoms with Crippen molar-refractivity contribution in [2.24, 2.45) is 0 Å². The molecule has 1 aromatic carbocycles. The van der Waals surface area contributed by atoms with Crippen LogP contribution >= 0.6 is 0 Å². The molecule has 0 aliphatic carbocycles. The van der Waals surface area contributed by atoms with E-state index >= 15 is 0 Å². The highest BCUT2D eigenvalue weighted by atomic mass is 19.1. The summed E-state index contributed by atoms with van der Waals surface area (Å²) in [5.41, 5.74) is -0.260. The molecule has 0 fully saturated rings. The monoisotopic (exact) mass is 200 g/mol. The molecule has 0 unspecified atom stereocenters. The predicted octanol–water partition coefficient (Wildman–Crippen LogP) is 1.54. The summed E-state index contributed by atoms with van der Waals surface area (Å²) in [5.74, 6) is -1.87. The van der Waals surface area contributed by atoms with E-state index in [1.165, 1.54) is 14.2 Å². The topological polar surface area (TPSA) is 55.8 Å². The lowest BCUT2D eigenvalue weighted by Gasteiger charge is -2.09. The lowest BCUT2D eigenvalue weighted by molar-refractivity contribution is 0.0692. The van der Waals surface area contributed by atoms with Crippen LogP contribution in [0.1, 0.15) is 10.4 Å². The van der Waals surface area contributed by atoms with E-state index < -0.39 is 11.8 Å². The van der Waals surface area contributed by atoms with Crippen molar-refractivity contribution >= 4 is 5.97 Å². The molecule has 0 heterocycles. The van der Waals surface area contributed by atoms with Gasteiger partial charge in [0, 0.05) is 6.07 Å². The number of carbonyl (C=O) groups is 1. The van der Waals surface area contributed by atoms with Crippen LogP contribution in [0.15, 0.2) is 12.1 Å². The Balaban J connectivity index is 3.39. The van der Waals surface area contributed by atoms with Crippen LogP contribution in [0.2, 0.25) is 0 Å². The summed E-state index contributed by atoms with van der Waals surface area (Å²) < 4.78 is 22.5. The molecule has 0 radical (unpaired) electrons. The normalized spacial score (nSPS) is 9.64. The van der Waals surface area contributed by atoms with Gasteiger partial charge < -0.3 is 14.6 Å². The van der Waals surface area contributed by atoms with Crippen LogP contribution in [-0.4, -0.2) is 25.3 Å². The highest BCUT2D eigenvalue weighted by molar-refractivity contribution is 5.92. The van der Waals surface area contributed by atoms with E-state index in [9.17, 15) is 9.18 Å². The van der Waals surface area contributed by atoms with Crippen molar-refractivity contribution in [2.45, 2.75) is 0 Å². The van der Waals surface area contributed by atoms with E-state index in [0.717, 1.165) is 12.1 Å². The lowest BCUT2D eigenvalue weighted by Crippen LogP contribution is -2.03. The second-order valence-electron chi connectivity index (χ2n) is 2.49. The molecule has 0 spiro atoms. The molecule has 0 aliphatic heterocycles. The van der Waals surface area contributed by atoms with E-state index in [1.807, 2.05) is 0 Å². The zero-order valence-electron chi connectivity index (χ0n) is 7.70. The largest absolute Gasteiger partial charge is 0.493 e. The zero-order chi connectivity index (χ0) is 10.7. The van der Waals surface area contributed by atoms with E-state index in [4.69, 9.17) is 14.6 Å². The van der Waals surface area contributed by atoms with Crippen molar-refractivity contribution in [3.63, 3.8) is 0 Å². The number of ether oxygens (including phenoxy) is 2. The number of aromatic carboxylic acids is 1. The summed E-state index contributed by atoms with van der Waals surface area (Å²) in [4.78, 5) is 10.7. The average molecular weight is 200 g/mol. The molecule has 0 amide bonds. The molecule has 1 N–H and O–H groups in total. The number of hydrogen-bond donors (Lipinski definition) is 1. The number of rotatable bonds is 3. The Morgan fingerprint density at radius 2 is 2.00 bits per heavy atom. The summed E-state index contributed by atoms with van der Waals surface area (Å²) in [6.07, 6.45) is 0. The van der Waals surface area contributed by atoms with E-state index in [2.05, 4.69) is 0 Å². The van der Waals surface area contributed by atoms with Crippen molar-refractivity contribution in [3.8, 4) is 11.5 Å². The minimum absolute atomic E-state index is 0.0152. The SMILES string of the molecule is COc1cc(F)cc(C(=O)O)c1OC. The van der Waals surface area contributed by atoms with Crippen LogP contribution in [-0.2, 0) is 0 Å². The maximum absolute atomic E-state index is 12.9. The first kappa shape index (κ1) is 10.3. The van der Waals surface area contributed by atoms with E-state index in [0.29, 0.717) is 0 Å². The number of methoxy groups -OCH3 is 2. The van der Waals surface area contributed by atoms with Crippen LogP contribution in [0.4, 0.5) is 4.39 Å². The molecular formula is C9H9FO4. The Morgan fingerprint density at radius 3 is 2.43 bits per heavy atom. The Kier molecular flexibility index (Phi) is 2.91. The smallest absolute Gasteiger partial charge is 0.339 e. The van der Waals surface area contributed by atoms with Gasteiger partial charge in [0.2, 0.25) is 0 Å². The molecule has 76 valence electrons. The molecule has 1 rings (SSSR count). The number of carboxylic acid groups (broad SMARTS) is 1. The van der Waals surface area contributed by atoms with Crippen molar-refractivity contribution in [2.75, 3.05) is 14.2 Å². The summed E-state index contributed by atoms with van der Waals surface area (Å²) in [6, 6.07) is 1.94. The number of benzene rings is 1. The molecule has 5 heteroatoms. The van der Waals surface area contributed by atoms with Gasteiger partial charge in [0.25, 0.3) is 0 Å². The highest BCUT2D eigenvalue weighted by Gasteiger charge is 2.17. The third kappa shape index (κ3) is 1.76. The van der Waals surface area contributed by atoms with Crippen LogP contribution < -0.4 is 9.47 Å². The predicted molar refractivity (Wildman–Crippen MR) is 46.5 cm³/mol. The third-order valence-electron chi connectivity index (χ3n) is 1.67. The molecule has 0 saturated carbocycles. The second-order valence-corrected chi connectivity index (χ2v) is 2.49. The Labute approximate surface area is 79.9 Å². The van der Waals surface area contributed by atoms with E-state index in [-0.39, 0.29) is 17.1 Å². The third-order valence-corrected chi connectivity index (χ3v) is 1.67. The standard InChI is InChI=1S/C9H9FO4/c1-13-7-4-5(10)3-6(9(11)12)8(7)14-2/h3-4H,1-2H3,(H,11,12). The Bertz CT molecular complexity index is 362. The molecule has 0 atom stereocenters. The van der Waals surface area contributed by atoms with Crippen molar-refractivity contribution in [1.29, 1.82) is 0 Å². The summed E-state index contributed by atoms with van der Waals surface area (Å²) >= 11 is 0. The lowest BCUT2D eigenvalue weighted by atomic mass is 10.2. The Morgan fingerprint density at radius 1 is 1.36 bits per heavy atom. The maximum atomic E-state index is 12.9. The van der Waals surface area contributed by atoms with Crippen molar-refractivity contribution in [3.05, 3.63) is 23.5 Å². The fourth-order valence-corrected chi connectivity index (χ4v) is 1.09. The molecule has 1 aromatic rings. The van der Waals surface area contributed by atoms with Crippen LogP contribution in [0.3, 0.4) is 0 Å². The maximum Gasteiger partial charge on any atom is 0.339 e. The van der Waals surface area contributed by atoms with Gasteiger partial charge in [-0.05, 0) is 6.07 Å². The first-order valence-electron chi connectivity index (χ1n) is 3.75. The number of carboxylic acids is 1. The van der Waals surface area contributed by atoms with Gasteiger partial charge in [-0.3, -0.25) is 0 Å². The first-order chi connectivity index (χ1) is 6.60. The quantitative estimate of drug-likeness (QED) is 0.804. The highest BCUT2D eigenvalue weighted by Crippen LogP contribution is 2.31. The van der Waals surface area contributed by atoms with Crippen molar-refractivity contribution in [1.82, 2.24) is 0 Å². The summed E-state index contributed by atoms with van der Waals surface area (Å²) in [5, 5.41) is 8.74. The minimum Gasteiger partial charge on any atom is -0.493 e. The Hall–Kier alpha value is -1.78. The molecule has 14 heavy (non-hydrogen) atoms. The molecular weight excluding hydrogens is 191 g/mol. The molecule has 4 nitrogen and oxygen atoms in total. The van der Waals surface area contributed by atoms with Gasteiger partial charge in [-0.1, -0.05) is 0 Å². The number of hydrogen-bond acceptors (Lipinski definition) is 3.